The molecule has 0 spiro atoms. The van der Waals surface area contributed by atoms with E-state index in [9.17, 15) is 19.5 Å². The molecule has 10 heteroatoms. The Morgan fingerprint density at radius 3 is 2.40 bits per heavy atom. The molecule has 8 nitrogen and oxygen atoms in total. The van der Waals surface area contributed by atoms with Crippen molar-refractivity contribution < 1.29 is 24.0 Å². The fraction of sp³-hybridized carbons (Fsp3) is 0.200. The van der Waals surface area contributed by atoms with Gasteiger partial charge in [-0.1, -0.05) is 76.9 Å². The smallest absolute Gasteiger partial charge is 0.326 e. The topological polar surface area (TPSA) is 113 Å². The van der Waals surface area contributed by atoms with Crippen molar-refractivity contribution in [2.45, 2.75) is 25.3 Å². The van der Waals surface area contributed by atoms with E-state index >= 15 is 0 Å². The molecule has 0 saturated carbocycles. The highest BCUT2D eigenvalue weighted by Gasteiger charge is 2.24. The van der Waals surface area contributed by atoms with E-state index in [1.807, 2.05) is 54.6 Å². The van der Waals surface area contributed by atoms with Crippen LogP contribution >= 0.6 is 23.2 Å². The predicted molar refractivity (Wildman–Crippen MR) is 152 cm³/mol. The molecular formula is C30H25Cl2N3O5. The number of hydrogen-bond donors (Lipinski definition) is 2. The number of halogens is 2. The van der Waals surface area contributed by atoms with E-state index in [-0.39, 0.29) is 34.4 Å². The Morgan fingerprint density at radius 1 is 1.00 bits per heavy atom. The molecular weight excluding hydrogens is 553 g/mol. The van der Waals surface area contributed by atoms with Crippen molar-refractivity contribution in [1.29, 1.82) is 0 Å². The van der Waals surface area contributed by atoms with Crippen LogP contribution in [0.5, 0.6) is 0 Å². The van der Waals surface area contributed by atoms with Gasteiger partial charge in [0.1, 0.15) is 11.7 Å². The Morgan fingerprint density at radius 2 is 1.73 bits per heavy atom. The first-order chi connectivity index (χ1) is 19.3. The molecule has 4 aromatic rings. The summed E-state index contributed by atoms with van der Waals surface area (Å²) >= 11 is 12.2. The first-order valence-electron chi connectivity index (χ1n) is 12.7. The number of aliphatic carboxylic acids is 1. The highest BCUT2D eigenvalue weighted by Crippen LogP contribution is 2.26. The van der Waals surface area contributed by atoms with Gasteiger partial charge in [-0.3, -0.25) is 9.59 Å². The Hall–Kier alpha value is -4.14. The number of fused-ring (bicyclic) bond motifs is 1. The minimum atomic E-state index is -1.17. The zero-order chi connectivity index (χ0) is 28.2. The number of amides is 2. The predicted octanol–water partition coefficient (Wildman–Crippen LogP) is 5.42. The summed E-state index contributed by atoms with van der Waals surface area (Å²) in [5.74, 6) is -1.83. The van der Waals surface area contributed by atoms with Crippen LogP contribution in [0.3, 0.4) is 0 Å². The monoisotopic (exact) mass is 577 g/mol. The first kappa shape index (κ1) is 27.4. The number of benzene rings is 3. The number of carbonyl (C=O) groups excluding carboxylic acids is 2. The van der Waals surface area contributed by atoms with Gasteiger partial charge in [0.05, 0.1) is 22.0 Å². The van der Waals surface area contributed by atoms with E-state index in [1.54, 1.807) is 11.0 Å². The summed E-state index contributed by atoms with van der Waals surface area (Å²) in [6.45, 7) is 1.07. The van der Waals surface area contributed by atoms with Crippen LogP contribution in [-0.4, -0.2) is 52.1 Å². The maximum atomic E-state index is 12.9. The second kappa shape index (κ2) is 11.9. The zero-order valence-electron chi connectivity index (χ0n) is 21.3. The fourth-order valence-corrected chi connectivity index (χ4v) is 5.28. The zero-order valence-corrected chi connectivity index (χ0v) is 22.8. The number of para-hydroxylation sites is 1. The molecule has 5 rings (SSSR count). The number of nitrogens with zero attached hydrogens (tertiary/aromatic N) is 2. The summed E-state index contributed by atoms with van der Waals surface area (Å²) in [6.07, 6.45) is 2.99. The van der Waals surface area contributed by atoms with Crippen molar-refractivity contribution in [2.24, 2.45) is 0 Å². The molecule has 0 fully saturated rings. The van der Waals surface area contributed by atoms with Gasteiger partial charge in [-0.15, -0.1) is 0 Å². The molecule has 0 saturated heterocycles. The lowest BCUT2D eigenvalue weighted by atomic mass is 9.96. The maximum absolute atomic E-state index is 12.9. The molecule has 1 atom stereocenters. The van der Waals surface area contributed by atoms with Gasteiger partial charge in [-0.05, 0) is 47.4 Å². The summed E-state index contributed by atoms with van der Waals surface area (Å²) < 4.78 is 5.31. The van der Waals surface area contributed by atoms with Crippen molar-refractivity contribution in [3.8, 4) is 0 Å². The van der Waals surface area contributed by atoms with E-state index in [0.29, 0.717) is 30.8 Å². The van der Waals surface area contributed by atoms with Crippen molar-refractivity contribution in [3.05, 3.63) is 105 Å². The SMILES string of the molecule is O=C(N[C@@H](Cc1ccc(C2=CCN(C(=O)Cc3noc4ccccc34)CC2)cc1)C(=O)O)c1c(Cl)cccc1Cl. The summed E-state index contributed by atoms with van der Waals surface area (Å²) in [4.78, 5) is 39.2. The molecule has 0 radical (unpaired) electrons. The number of carboxylic acids is 1. The minimum absolute atomic E-state index is 0.00969. The number of aromatic nitrogens is 1. The van der Waals surface area contributed by atoms with Crippen LogP contribution in [0, 0.1) is 0 Å². The quantitative estimate of drug-likeness (QED) is 0.289. The van der Waals surface area contributed by atoms with Gasteiger partial charge < -0.3 is 19.8 Å². The van der Waals surface area contributed by atoms with Crippen LogP contribution in [0.2, 0.25) is 10.0 Å². The van der Waals surface area contributed by atoms with Gasteiger partial charge in [-0.25, -0.2) is 4.79 Å². The average molecular weight is 578 g/mol. The van der Waals surface area contributed by atoms with Crippen LogP contribution in [0.15, 0.2) is 77.3 Å². The van der Waals surface area contributed by atoms with E-state index in [0.717, 1.165) is 22.1 Å². The van der Waals surface area contributed by atoms with Crippen molar-refractivity contribution in [2.75, 3.05) is 13.1 Å². The summed E-state index contributed by atoms with van der Waals surface area (Å²) in [5.41, 5.74) is 4.19. The van der Waals surface area contributed by atoms with Crippen molar-refractivity contribution >= 4 is 57.5 Å². The normalized spacial score (nSPS) is 14.1. The highest BCUT2D eigenvalue weighted by molar-refractivity contribution is 6.39. The third-order valence-electron chi connectivity index (χ3n) is 6.89. The van der Waals surface area contributed by atoms with Gasteiger partial charge >= 0.3 is 5.97 Å². The lowest BCUT2D eigenvalue weighted by Gasteiger charge is -2.26. The lowest BCUT2D eigenvalue weighted by Crippen LogP contribution is -2.42. The Labute approximate surface area is 240 Å². The molecule has 1 aliphatic rings. The molecule has 204 valence electrons. The number of nitrogens with one attached hydrogen (secondary N) is 1. The van der Waals surface area contributed by atoms with E-state index in [4.69, 9.17) is 27.7 Å². The van der Waals surface area contributed by atoms with Crippen LogP contribution < -0.4 is 5.32 Å². The Balaban J connectivity index is 1.19. The Kier molecular flexibility index (Phi) is 8.19. The van der Waals surface area contributed by atoms with Gasteiger partial charge in [0.15, 0.2) is 5.58 Å². The number of rotatable bonds is 8. The van der Waals surface area contributed by atoms with E-state index in [2.05, 4.69) is 10.5 Å². The minimum Gasteiger partial charge on any atom is -0.480 e. The highest BCUT2D eigenvalue weighted by atomic mass is 35.5. The van der Waals surface area contributed by atoms with Gasteiger partial charge in [0.2, 0.25) is 5.91 Å². The molecule has 0 unspecified atom stereocenters. The lowest BCUT2D eigenvalue weighted by molar-refractivity contribution is -0.139. The van der Waals surface area contributed by atoms with E-state index < -0.39 is 17.9 Å². The molecule has 0 bridgehead atoms. The molecule has 2 amide bonds. The Bertz CT molecular complexity index is 1590. The van der Waals surface area contributed by atoms with Crippen LogP contribution in [0.1, 0.15) is 33.6 Å². The maximum Gasteiger partial charge on any atom is 0.326 e. The molecule has 1 aliphatic heterocycles. The number of carbonyl (C=O) groups is 3. The van der Waals surface area contributed by atoms with Gasteiger partial charge in [-0.2, -0.15) is 0 Å². The molecule has 40 heavy (non-hydrogen) atoms. The largest absolute Gasteiger partial charge is 0.480 e. The fourth-order valence-electron chi connectivity index (χ4n) is 4.71. The van der Waals surface area contributed by atoms with Crippen LogP contribution in [-0.2, 0) is 22.4 Å². The third kappa shape index (κ3) is 6.03. The summed E-state index contributed by atoms with van der Waals surface area (Å²) in [7, 11) is 0. The van der Waals surface area contributed by atoms with Crippen molar-refractivity contribution in [3.63, 3.8) is 0 Å². The van der Waals surface area contributed by atoms with Crippen LogP contribution in [0.25, 0.3) is 16.5 Å². The molecule has 3 aromatic carbocycles. The van der Waals surface area contributed by atoms with Gasteiger partial charge in [0, 0.05) is 24.9 Å². The second-order valence-corrected chi connectivity index (χ2v) is 10.3. The van der Waals surface area contributed by atoms with E-state index in [1.165, 1.54) is 12.1 Å². The number of hydrogen-bond acceptors (Lipinski definition) is 5. The third-order valence-corrected chi connectivity index (χ3v) is 7.52. The van der Waals surface area contributed by atoms with Crippen molar-refractivity contribution in [1.82, 2.24) is 15.4 Å². The molecule has 0 aliphatic carbocycles. The first-order valence-corrected chi connectivity index (χ1v) is 13.4. The summed E-state index contributed by atoms with van der Waals surface area (Å²) in [6, 6.07) is 18.5. The molecule has 2 N–H and O–H groups in total. The molecule has 2 heterocycles. The standard InChI is InChI=1S/C30H25Cl2N3O5/c31-22-5-3-6-23(32)28(22)29(37)33-25(30(38)39)16-18-8-10-19(11-9-18)20-12-14-35(15-13-20)27(36)17-24-21-4-1-2-7-26(21)40-34-24/h1-12,25H,13-17H2,(H,33,37)(H,38,39)/t25-/m0/s1. The van der Waals surface area contributed by atoms with Crippen LogP contribution in [0.4, 0.5) is 0 Å². The van der Waals surface area contributed by atoms with Gasteiger partial charge in [0.25, 0.3) is 5.91 Å². The number of carboxylic acid groups (broad SMARTS) is 1. The average Bonchev–Trinajstić information content (AvgIpc) is 3.35. The molecule has 1 aromatic heterocycles. The second-order valence-electron chi connectivity index (χ2n) is 9.48. The summed E-state index contributed by atoms with van der Waals surface area (Å²) in [5, 5.41) is 17.4.